The molecule has 536 valence electrons. The molecule has 0 radical (unpaired) electrons. The smallest absolute Gasteiger partial charge is 0.493 e. The van der Waals surface area contributed by atoms with E-state index in [-0.39, 0.29) is 92.1 Å². The molecule has 11 atom stereocenters. The first-order valence-corrected chi connectivity index (χ1v) is 36.4. The molecule has 10 rings (SSSR count). The van der Waals surface area contributed by atoms with Gasteiger partial charge in [-0.3, -0.25) is 9.68 Å². The summed E-state index contributed by atoms with van der Waals surface area (Å²) in [7, 11) is -0.433. The van der Waals surface area contributed by atoms with Gasteiger partial charge in [-0.15, -0.1) is 0 Å². The molecule has 4 aromatic carbocycles. The van der Waals surface area contributed by atoms with E-state index in [1.165, 1.54) is 64.8 Å². The van der Waals surface area contributed by atoms with Crippen LogP contribution in [0, 0.1) is 11.8 Å². The van der Waals surface area contributed by atoms with Crippen molar-refractivity contribution in [3.8, 4) is 23.0 Å². The minimum Gasteiger partial charge on any atom is -0.493 e. The van der Waals surface area contributed by atoms with E-state index in [9.17, 15) is 41.4 Å². The summed E-state index contributed by atoms with van der Waals surface area (Å²) < 4.78 is 124. The first kappa shape index (κ1) is 76.7. The van der Waals surface area contributed by atoms with Crippen LogP contribution >= 0.6 is 18.0 Å². The van der Waals surface area contributed by atoms with Gasteiger partial charge in [-0.1, -0.05) is 95.3 Å². The number of aliphatic hydroxyl groups excluding tert-OH is 2. The Kier molecular flexibility index (Phi) is 29.1. The minimum atomic E-state index is -4.26. The second-order valence-electron chi connectivity index (χ2n) is 24.7. The molecular formula is C65H91N5O23P2S2. The number of nitrogens with zero attached hydrogens (tertiary/aromatic N) is 3. The van der Waals surface area contributed by atoms with Gasteiger partial charge in [-0.2, -0.15) is 0 Å². The van der Waals surface area contributed by atoms with Gasteiger partial charge in [0.05, 0.1) is 126 Å². The lowest BCUT2D eigenvalue weighted by atomic mass is 10.0. The van der Waals surface area contributed by atoms with E-state index in [2.05, 4.69) is 29.1 Å². The Balaban J connectivity index is 0.000000205. The molecule has 0 aromatic heterocycles. The molecular weight excluding hydrogens is 1340 g/mol. The topological polar surface area (TPSA) is 332 Å². The summed E-state index contributed by atoms with van der Waals surface area (Å²) in [6.07, 6.45) is 1.72. The van der Waals surface area contributed by atoms with Crippen LogP contribution in [0.15, 0.2) is 111 Å². The van der Waals surface area contributed by atoms with Crippen molar-refractivity contribution in [2.45, 2.75) is 175 Å². The number of rotatable bonds is 27. The van der Waals surface area contributed by atoms with Gasteiger partial charge in [-0.05, 0) is 117 Å². The van der Waals surface area contributed by atoms with E-state index >= 15 is 0 Å². The number of sulfonamides is 2. The van der Waals surface area contributed by atoms with Gasteiger partial charge in [0, 0.05) is 12.1 Å². The lowest BCUT2D eigenvalue weighted by Gasteiger charge is -2.31. The summed E-state index contributed by atoms with van der Waals surface area (Å²) in [6.45, 7) is 6.16. The first-order valence-electron chi connectivity index (χ1n) is 32.2. The third-order valence-electron chi connectivity index (χ3n) is 16.8. The maximum Gasteiger partial charge on any atom is 0.518 e. The Labute approximate surface area is 571 Å². The lowest BCUT2D eigenvalue weighted by Crippen LogP contribution is -2.51. The summed E-state index contributed by atoms with van der Waals surface area (Å²) in [5, 5.41) is 28.4. The van der Waals surface area contributed by atoms with Crippen LogP contribution in [0.4, 0.5) is 14.4 Å². The molecule has 0 spiro atoms. The lowest BCUT2D eigenvalue weighted by molar-refractivity contribution is -0.145. The molecule has 97 heavy (non-hydrogen) atoms. The minimum absolute atomic E-state index is 0.0508. The third-order valence-corrected chi connectivity index (χ3v) is 20.7. The normalized spacial score (nSPS) is 22.2. The average Bonchev–Trinajstić information content (AvgIpc) is 1.58. The molecule has 2 unspecified atom stereocenters. The number of nitrogens with one attached hydrogen (secondary N) is 2. The third kappa shape index (κ3) is 22.2. The Bertz CT molecular complexity index is 3410. The Morgan fingerprint density at radius 1 is 0.588 bits per heavy atom. The second-order valence-corrected chi connectivity index (χ2v) is 29.7. The molecule has 0 bridgehead atoms. The molecule has 4 heterocycles. The number of ether oxygens (including phenoxy) is 11. The van der Waals surface area contributed by atoms with E-state index in [4.69, 9.17) is 61.8 Å². The number of hydroxylamine groups is 2. The highest BCUT2D eigenvalue weighted by molar-refractivity contribution is 7.89. The van der Waals surface area contributed by atoms with Crippen LogP contribution in [0.3, 0.4) is 0 Å². The zero-order chi connectivity index (χ0) is 69.7. The molecule has 2 amide bonds. The maximum atomic E-state index is 13.9. The van der Waals surface area contributed by atoms with Crippen molar-refractivity contribution in [3.05, 3.63) is 108 Å². The maximum absolute atomic E-state index is 13.9. The number of carbonyl (C=O) groups excluding carboxylic acids is 3. The number of aliphatic hydroxyl groups is 2. The van der Waals surface area contributed by atoms with Gasteiger partial charge in [-0.25, -0.2) is 35.7 Å². The quantitative estimate of drug-likeness (QED) is 0.0187. The van der Waals surface area contributed by atoms with E-state index in [1.54, 1.807) is 20.8 Å². The summed E-state index contributed by atoms with van der Waals surface area (Å²) in [5.74, 6) is 1.32. The van der Waals surface area contributed by atoms with Crippen molar-refractivity contribution in [1.82, 2.24) is 19.6 Å². The van der Waals surface area contributed by atoms with Crippen molar-refractivity contribution in [3.63, 3.8) is 0 Å². The fourth-order valence-electron chi connectivity index (χ4n) is 11.8. The van der Waals surface area contributed by atoms with Crippen LogP contribution in [0.25, 0.3) is 0 Å². The molecule has 2 aliphatic carbocycles. The van der Waals surface area contributed by atoms with Crippen LogP contribution in [-0.4, -0.2) is 189 Å². The highest BCUT2D eigenvalue weighted by Gasteiger charge is 2.46. The highest BCUT2D eigenvalue weighted by Crippen LogP contribution is 2.37. The van der Waals surface area contributed by atoms with E-state index in [0.717, 1.165) is 58.6 Å². The van der Waals surface area contributed by atoms with E-state index < -0.39 is 87.5 Å². The zero-order valence-electron chi connectivity index (χ0n) is 55.5. The van der Waals surface area contributed by atoms with Crippen molar-refractivity contribution >= 4 is 56.4 Å². The summed E-state index contributed by atoms with van der Waals surface area (Å²) in [4.78, 5) is 48.7. The first-order chi connectivity index (χ1) is 46.5. The number of hydrogen-bond acceptors (Lipinski definition) is 24. The average molecular weight is 1440 g/mol. The number of alkyl carbamates (subject to hydrolysis) is 2. The van der Waals surface area contributed by atoms with Gasteiger partial charge >= 0.3 is 18.3 Å². The second kappa shape index (κ2) is 36.8. The fourth-order valence-corrected chi connectivity index (χ4v) is 14.8. The van der Waals surface area contributed by atoms with Crippen molar-refractivity contribution in [2.75, 3.05) is 68.0 Å². The number of hydrogen-bond donors (Lipinski definition) is 4. The number of benzene rings is 4. The van der Waals surface area contributed by atoms with Crippen LogP contribution in [0.2, 0.25) is 0 Å². The molecule has 6 fully saturated rings. The molecule has 4 N–H and O–H groups in total. The largest absolute Gasteiger partial charge is 0.518 e. The predicted octanol–water partition coefficient (Wildman–Crippen LogP) is 8.83. The molecule has 28 nitrogen and oxygen atoms in total. The zero-order valence-corrected chi connectivity index (χ0v) is 59.2. The molecule has 32 heteroatoms. The van der Waals surface area contributed by atoms with Crippen molar-refractivity contribution in [2.24, 2.45) is 16.4 Å². The Morgan fingerprint density at radius 3 is 1.40 bits per heavy atom. The number of methoxy groups -OCH3 is 4. The fraction of sp³-hybridized carbons (Fsp3) is 0.585. The standard InChI is InChI=1S/C30H40N2O10S.C28H40N2O8S.C7H11NO5P2/c1-37-26-13-12-22(17-27(26)38-2)43(35,36)32(42-21-10-6-7-11-21)18-25(33)24(16-20-8-4-3-5-9-20)31-30(34)41-28-19-40-29-23(28)14-15-39-29;1-28(2,3)37-27(32)29-23(17-20-11-7-6-8-12-20)24(31)19-30(38-21-13-9-10-14-21)39(33,34)22-15-16-25(35-4)26(18-22)36-5;9-7(13-15-8-14)12-5-3-11-6-4(5)1-2-10-6/h3-5,8-9,12-13,17,21,23-25,28-29,33H,6-7,10-11,14-16,18-19H2,1-2H3,(H,31,34);6-8,11-12,15-16,18,21,23-24,31H,9-10,13-14,17,19H2,1-5H3,(H,29,32);4-6H,1-3,14H2/t23-,24-,25+,28?,29+;23-,24+;4-,5-,6+/m000/s1. The van der Waals surface area contributed by atoms with Crippen molar-refractivity contribution in [1.29, 1.82) is 0 Å². The van der Waals surface area contributed by atoms with Crippen LogP contribution in [0.5, 0.6) is 23.0 Å². The van der Waals surface area contributed by atoms with Crippen LogP contribution in [0.1, 0.15) is 96.1 Å². The van der Waals surface area contributed by atoms with Crippen LogP contribution in [-0.2, 0) is 80.2 Å². The van der Waals surface area contributed by atoms with Gasteiger partial charge in [0.25, 0.3) is 28.6 Å². The summed E-state index contributed by atoms with van der Waals surface area (Å²) in [6, 6.07) is 25.3. The molecule has 4 saturated heterocycles. The van der Waals surface area contributed by atoms with Crippen LogP contribution < -0.4 is 29.6 Å². The number of carbonyl (C=O) groups is 3. The number of amides is 2. The SMILES string of the molecule is COc1ccc(S(=O)(=O)N(C[C@@H](O)[C@H](Cc2ccccc2)NC(=O)OC(C)(C)C)OC2CCCC2)cc1OC.COc1ccc(S(=O)(=O)N(C[C@@H](O)[C@H](Cc2ccccc2)NC(=O)OC2CO[C@H]3OCC[C@@H]23)OC2CCCC2)cc1OC.O=C(OP=NP)O[C@H]1CO[C@H]2OCC[C@H]21. The van der Waals surface area contributed by atoms with Crippen molar-refractivity contribution < 1.29 is 108 Å². The monoisotopic (exact) mass is 1440 g/mol. The Hall–Kier alpha value is -6.08. The summed E-state index contributed by atoms with van der Waals surface area (Å²) in [5.41, 5.74) is 0.940. The number of fused-ring (bicyclic) bond motifs is 2. The highest BCUT2D eigenvalue weighted by atomic mass is 32.2. The van der Waals surface area contributed by atoms with Gasteiger partial charge in [0.1, 0.15) is 17.8 Å². The molecule has 2 saturated carbocycles. The van der Waals surface area contributed by atoms with E-state index in [0.29, 0.717) is 57.0 Å². The van der Waals surface area contributed by atoms with Gasteiger partial charge in [0.2, 0.25) is 0 Å². The summed E-state index contributed by atoms with van der Waals surface area (Å²) >= 11 is 0. The van der Waals surface area contributed by atoms with E-state index in [1.807, 2.05) is 60.7 Å². The molecule has 6 aliphatic rings. The Morgan fingerprint density at radius 2 is 1.00 bits per heavy atom. The molecule has 4 aromatic rings. The van der Waals surface area contributed by atoms with Gasteiger partial charge < -0.3 is 77.5 Å². The predicted molar refractivity (Wildman–Crippen MR) is 354 cm³/mol. The molecule has 4 aliphatic heterocycles. The van der Waals surface area contributed by atoms with Gasteiger partial charge in [0.15, 0.2) is 35.6 Å².